The predicted molar refractivity (Wildman–Crippen MR) is 103 cm³/mol. The number of benzene rings is 2. The number of rotatable bonds is 4. The van der Waals surface area contributed by atoms with Crippen LogP contribution in [0.4, 0.5) is 0 Å². The Labute approximate surface area is 154 Å². The van der Waals surface area contributed by atoms with Crippen LogP contribution in [0.25, 0.3) is 10.8 Å². The number of ether oxygens (including phenoxy) is 1. The summed E-state index contributed by atoms with van der Waals surface area (Å²) in [5.41, 5.74) is 2.08. The number of hydrogen-bond donors (Lipinski definition) is 1. The van der Waals surface area contributed by atoms with Gasteiger partial charge in [0.25, 0.3) is 0 Å². The highest BCUT2D eigenvalue weighted by Crippen LogP contribution is 2.28. The summed E-state index contributed by atoms with van der Waals surface area (Å²) >= 11 is 0. The van der Waals surface area contributed by atoms with Crippen molar-refractivity contribution in [1.29, 1.82) is 0 Å². The number of aliphatic hydroxyl groups is 1. The Bertz CT molecular complexity index is 891. The Hall–Kier alpha value is -2.43. The Kier molecular flexibility index (Phi) is 4.87. The van der Waals surface area contributed by atoms with E-state index in [1.807, 2.05) is 55.5 Å². The lowest BCUT2D eigenvalue weighted by Crippen LogP contribution is -2.43. The van der Waals surface area contributed by atoms with Gasteiger partial charge in [0.05, 0.1) is 0 Å². The highest BCUT2D eigenvalue weighted by molar-refractivity contribution is 5.86. The van der Waals surface area contributed by atoms with E-state index < -0.39 is 6.23 Å². The van der Waals surface area contributed by atoms with Crippen LogP contribution in [0.1, 0.15) is 30.2 Å². The van der Waals surface area contributed by atoms with E-state index in [1.165, 1.54) is 0 Å². The van der Waals surface area contributed by atoms with Crippen LogP contribution in [0, 0.1) is 6.92 Å². The Morgan fingerprint density at radius 1 is 1.12 bits per heavy atom. The van der Waals surface area contributed by atoms with Gasteiger partial charge in [-0.05, 0) is 48.4 Å². The largest absolute Gasteiger partial charge is 0.473 e. The number of pyridine rings is 1. The second kappa shape index (κ2) is 7.44. The lowest BCUT2D eigenvalue weighted by molar-refractivity contribution is -0.0405. The summed E-state index contributed by atoms with van der Waals surface area (Å²) in [6.45, 7) is 3.61. The van der Waals surface area contributed by atoms with E-state index in [0.717, 1.165) is 41.3 Å². The van der Waals surface area contributed by atoms with E-state index in [-0.39, 0.29) is 6.10 Å². The fourth-order valence-electron chi connectivity index (χ4n) is 3.70. The van der Waals surface area contributed by atoms with Gasteiger partial charge >= 0.3 is 0 Å². The van der Waals surface area contributed by atoms with Crippen LogP contribution in [-0.2, 0) is 0 Å². The molecule has 0 radical (unpaired) electrons. The molecule has 1 aliphatic rings. The monoisotopic (exact) mass is 348 g/mol. The average molecular weight is 348 g/mol. The third-order valence-electron chi connectivity index (χ3n) is 5.14. The zero-order valence-corrected chi connectivity index (χ0v) is 15.0. The van der Waals surface area contributed by atoms with Gasteiger partial charge in [0.1, 0.15) is 12.3 Å². The number of nitrogens with zero attached hydrogens (tertiary/aromatic N) is 2. The first-order valence-corrected chi connectivity index (χ1v) is 9.20. The second-order valence-corrected chi connectivity index (χ2v) is 6.94. The third-order valence-corrected chi connectivity index (χ3v) is 5.14. The maximum absolute atomic E-state index is 10.8. The van der Waals surface area contributed by atoms with Crippen LogP contribution in [0.2, 0.25) is 0 Å². The Morgan fingerprint density at radius 2 is 1.92 bits per heavy atom. The summed E-state index contributed by atoms with van der Waals surface area (Å²) in [6, 6.07) is 18.1. The molecule has 4 nitrogen and oxygen atoms in total. The number of aromatic nitrogens is 1. The number of likely N-dealkylation sites (tertiary alicyclic amines) is 1. The van der Waals surface area contributed by atoms with Gasteiger partial charge < -0.3 is 9.84 Å². The fourth-order valence-corrected chi connectivity index (χ4v) is 3.70. The molecule has 1 fully saturated rings. The van der Waals surface area contributed by atoms with Gasteiger partial charge in [-0.3, -0.25) is 4.90 Å². The molecule has 4 rings (SSSR count). The standard InChI is InChI=1S/C22H24N2O2/c1-16-7-2-4-10-19(16)22(25)24-14-6-9-18(15-24)26-21-20-11-5-3-8-17(20)12-13-23-21/h2-5,7-8,10-13,18,22,25H,6,9,14-15H2,1H3. The van der Waals surface area contributed by atoms with Crippen molar-refractivity contribution in [2.75, 3.05) is 13.1 Å². The predicted octanol–water partition coefficient (Wildman–Crippen LogP) is 4.08. The minimum Gasteiger partial charge on any atom is -0.473 e. The molecule has 3 aromatic rings. The first-order chi connectivity index (χ1) is 12.7. The van der Waals surface area contributed by atoms with Crippen molar-refractivity contribution < 1.29 is 9.84 Å². The molecular formula is C22H24N2O2. The fraction of sp³-hybridized carbons (Fsp3) is 0.318. The minimum atomic E-state index is -0.594. The molecule has 0 aliphatic carbocycles. The van der Waals surface area contributed by atoms with E-state index >= 15 is 0 Å². The van der Waals surface area contributed by atoms with Crippen molar-refractivity contribution in [3.05, 3.63) is 71.9 Å². The maximum atomic E-state index is 10.8. The normalized spacial score (nSPS) is 19.4. The van der Waals surface area contributed by atoms with E-state index in [2.05, 4.69) is 16.0 Å². The van der Waals surface area contributed by atoms with Crippen molar-refractivity contribution in [1.82, 2.24) is 9.88 Å². The summed E-state index contributed by atoms with van der Waals surface area (Å²) in [6.07, 6.45) is 3.20. The molecule has 26 heavy (non-hydrogen) atoms. The molecule has 134 valence electrons. The van der Waals surface area contributed by atoms with Crippen molar-refractivity contribution in [3.8, 4) is 5.88 Å². The molecule has 1 N–H and O–H groups in total. The summed E-state index contributed by atoms with van der Waals surface area (Å²) in [5.74, 6) is 0.681. The van der Waals surface area contributed by atoms with Gasteiger partial charge in [-0.1, -0.05) is 42.5 Å². The molecule has 1 aliphatic heterocycles. The van der Waals surface area contributed by atoms with Gasteiger partial charge in [-0.25, -0.2) is 4.98 Å². The number of hydrogen-bond acceptors (Lipinski definition) is 4. The molecule has 0 bridgehead atoms. The SMILES string of the molecule is Cc1ccccc1C(O)N1CCCC(Oc2nccc3ccccc23)C1. The van der Waals surface area contributed by atoms with Crippen molar-refractivity contribution >= 4 is 10.8 Å². The Balaban J connectivity index is 1.51. The molecule has 2 aromatic carbocycles. The summed E-state index contributed by atoms with van der Waals surface area (Å²) < 4.78 is 6.25. The van der Waals surface area contributed by atoms with Crippen LogP contribution in [0.3, 0.4) is 0 Å². The molecule has 0 spiro atoms. The van der Waals surface area contributed by atoms with Crippen LogP contribution in [-0.4, -0.2) is 34.2 Å². The molecule has 2 atom stereocenters. The molecular weight excluding hydrogens is 324 g/mol. The van der Waals surface area contributed by atoms with Gasteiger partial charge in [0.15, 0.2) is 0 Å². The second-order valence-electron chi connectivity index (χ2n) is 6.94. The highest BCUT2D eigenvalue weighted by Gasteiger charge is 2.27. The lowest BCUT2D eigenvalue weighted by Gasteiger charge is -2.36. The van der Waals surface area contributed by atoms with Crippen LogP contribution in [0.5, 0.6) is 5.88 Å². The third kappa shape index (κ3) is 3.43. The first kappa shape index (κ1) is 17.0. The van der Waals surface area contributed by atoms with Gasteiger partial charge in [-0.15, -0.1) is 0 Å². The van der Waals surface area contributed by atoms with E-state index in [4.69, 9.17) is 4.74 Å². The van der Waals surface area contributed by atoms with E-state index in [1.54, 1.807) is 6.20 Å². The smallest absolute Gasteiger partial charge is 0.221 e. The van der Waals surface area contributed by atoms with E-state index in [9.17, 15) is 5.11 Å². The average Bonchev–Trinajstić information content (AvgIpc) is 2.68. The van der Waals surface area contributed by atoms with Crippen LogP contribution < -0.4 is 4.74 Å². The zero-order chi connectivity index (χ0) is 17.9. The molecule has 2 heterocycles. The highest BCUT2D eigenvalue weighted by atomic mass is 16.5. The van der Waals surface area contributed by atoms with Crippen LogP contribution in [0.15, 0.2) is 60.8 Å². The van der Waals surface area contributed by atoms with Crippen molar-refractivity contribution in [3.63, 3.8) is 0 Å². The molecule has 0 amide bonds. The molecule has 2 unspecified atom stereocenters. The number of fused-ring (bicyclic) bond motifs is 1. The van der Waals surface area contributed by atoms with Crippen molar-refractivity contribution in [2.24, 2.45) is 0 Å². The quantitative estimate of drug-likeness (QED) is 0.772. The zero-order valence-electron chi connectivity index (χ0n) is 15.0. The summed E-state index contributed by atoms with van der Waals surface area (Å²) in [5, 5.41) is 13.0. The minimum absolute atomic E-state index is 0.0284. The number of aryl methyl sites for hydroxylation is 1. The lowest BCUT2D eigenvalue weighted by atomic mass is 10.0. The first-order valence-electron chi connectivity index (χ1n) is 9.20. The number of piperidine rings is 1. The molecule has 0 saturated carbocycles. The van der Waals surface area contributed by atoms with Gasteiger partial charge in [0.2, 0.25) is 5.88 Å². The topological polar surface area (TPSA) is 45.6 Å². The molecule has 1 saturated heterocycles. The Morgan fingerprint density at radius 3 is 2.81 bits per heavy atom. The van der Waals surface area contributed by atoms with E-state index in [0.29, 0.717) is 12.4 Å². The van der Waals surface area contributed by atoms with Gasteiger partial charge in [0, 0.05) is 24.7 Å². The molecule has 1 aromatic heterocycles. The number of aliphatic hydroxyl groups excluding tert-OH is 1. The maximum Gasteiger partial charge on any atom is 0.221 e. The van der Waals surface area contributed by atoms with Gasteiger partial charge in [-0.2, -0.15) is 0 Å². The molecule has 4 heteroatoms. The van der Waals surface area contributed by atoms with Crippen molar-refractivity contribution in [2.45, 2.75) is 32.1 Å². The summed E-state index contributed by atoms with van der Waals surface area (Å²) in [7, 11) is 0. The van der Waals surface area contributed by atoms with Crippen LogP contribution >= 0.6 is 0 Å². The summed E-state index contributed by atoms with van der Waals surface area (Å²) in [4.78, 5) is 6.54.